The molecular formula is C19H18F3N5O. The van der Waals surface area contributed by atoms with Gasteiger partial charge in [-0.1, -0.05) is 5.21 Å². The van der Waals surface area contributed by atoms with Crippen LogP contribution < -0.4 is 10.5 Å². The van der Waals surface area contributed by atoms with Crippen LogP contribution in [0.4, 0.5) is 13.2 Å². The fourth-order valence-corrected chi connectivity index (χ4v) is 3.46. The highest BCUT2D eigenvalue weighted by Gasteiger charge is 2.24. The number of nitrogens with two attached hydrogens (primary N) is 1. The third-order valence-corrected chi connectivity index (χ3v) is 4.66. The third-order valence-electron chi connectivity index (χ3n) is 4.66. The van der Waals surface area contributed by atoms with Gasteiger partial charge in [0, 0.05) is 12.3 Å². The number of alkyl halides is 2. The number of nitrogens with zero attached hydrogens (tertiary/aromatic N) is 4. The molecule has 1 aromatic carbocycles. The lowest BCUT2D eigenvalue weighted by Crippen LogP contribution is -2.18. The van der Waals surface area contributed by atoms with Crippen molar-refractivity contribution in [1.29, 1.82) is 0 Å². The van der Waals surface area contributed by atoms with Gasteiger partial charge >= 0.3 is 6.61 Å². The highest BCUT2D eigenvalue weighted by molar-refractivity contribution is 5.37. The summed E-state index contributed by atoms with van der Waals surface area (Å²) in [4.78, 5) is 4.35. The Morgan fingerprint density at radius 3 is 2.89 bits per heavy atom. The van der Waals surface area contributed by atoms with Gasteiger partial charge in [-0.15, -0.1) is 5.10 Å². The molecular weight excluding hydrogens is 371 g/mol. The van der Waals surface area contributed by atoms with Gasteiger partial charge in [0.05, 0.1) is 11.7 Å². The van der Waals surface area contributed by atoms with E-state index in [1.807, 2.05) is 6.07 Å². The maximum atomic E-state index is 13.7. The number of benzene rings is 1. The summed E-state index contributed by atoms with van der Waals surface area (Å²) in [5.41, 5.74) is 9.16. The van der Waals surface area contributed by atoms with Crippen molar-refractivity contribution in [3.63, 3.8) is 0 Å². The van der Waals surface area contributed by atoms with Crippen molar-refractivity contribution in [1.82, 2.24) is 20.0 Å². The van der Waals surface area contributed by atoms with Crippen LogP contribution in [0, 0.1) is 5.82 Å². The fourth-order valence-electron chi connectivity index (χ4n) is 3.46. The minimum Gasteiger partial charge on any atom is -0.435 e. The molecule has 2 aromatic heterocycles. The van der Waals surface area contributed by atoms with E-state index in [0.29, 0.717) is 17.8 Å². The van der Waals surface area contributed by atoms with Crippen molar-refractivity contribution in [2.75, 3.05) is 0 Å². The van der Waals surface area contributed by atoms with E-state index in [1.165, 1.54) is 12.1 Å². The van der Waals surface area contributed by atoms with Crippen LogP contribution in [0.25, 0.3) is 5.82 Å². The van der Waals surface area contributed by atoms with E-state index in [2.05, 4.69) is 20.0 Å². The van der Waals surface area contributed by atoms with Gasteiger partial charge in [-0.2, -0.15) is 13.5 Å². The van der Waals surface area contributed by atoms with Crippen molar-refractivity contribution in [2.24, 2.45) is 5.73 Å². The third kappa shape index (κ3) is 3.84. The lowest BCUT2D eigenvalue weighted by Gasteiger charge is -2.17. The first-order valence-electron chi connectivity index (χ1n) is 8.89. The average Bonchev–Trinajstić information content (AvgIpc) is 3.06. The van der Waals surface area contributed by atoms with Crippen molar-refractivity contribution >= 4 is 0 Å². The van der Waals surface area contributed by atoms with Crippen LogP contribution >= 0.6 is 0 Å². The number of rotatable bonds is 5. The Balaban J connectivity index is 1.61. The quantitative estimate of drug-likeness (QED) is 0.724. The molecule has 3 aromatic rings. The van der Waals surface area contributed by atoms with Crippen LogP contribution in [-0.4, -0.2) is 26.6 Å². The molecule has 9 heteroatoms. The molecule has 4 rings (SSSR count). The zero-order valence-corrected chi connectivity index (χ0v) is 14.9. The van der Waals surface area contributed by atoms with Gasteiger partial charge in [-0.3, -0.25) is 0 Å². The van der Waals surface area contributed by atoms with E-state index in [4.69, 9.17) is 5.73 Å². The largest absolute Gasteiger partial charge is 0.435 e. The molecule has 1 atom stereocenters. The number of fused-ring (bicyclic) bond motifs is 1. The molecule has 28 heavy (non-hydrogen) atoms. The minimum absolute atomic E-state index is 0.124. The predicted octanol–water partition coefficient (Wildman–Crippen LogP) is 3.33. The standard InChI is InChI=1S/C19H18F3N5O/c20-13-7-12(8-14(10-13)28-19(21)22)6-11-4-5-24-17(9-11)27-16-3-1-2-15(23)18(16)25-26-27/h4-5,7-10,15,19H,1-3,6,23H2. The molecule has 0 spiro atoms. The summed E-state index contributed by atoms with van der Waals surface area (Å²) in [5.74, 6) is -0.263. The first kappa shape index (κ1) is 18.4. The number of ether oxygens (including phenoxy) is 1. The van der Waals surface area contributed by atoms with Gasteiger partial charge in [-0.05, 0) is 61.1 Å². The van der Waals surface area contributed by atoms with Crippen molar-refractivity contribution in [3.05, 3.63) is 64.9 Å². The second-order valence-electron chi connectivity index (χ2n) is 6.70. The normalized spacial score (nSPS) is 16.2. The van der Waals surface area contributed by atoms with Gasteiger partial charge in [0.25, 0.3) is 0 Å². The van der Waals surface area contributed by atoms with Gasteiger partial charge in [-0.25, -0.2) is 9.37 Å². The number of pyridine rings is 1. The Morgan fingerprint density at radius 1 is 1.21 bits per heavy atom. The molecule has 1 aliphatic carbocycles. The molecule has 2 N–H and O–H groups in total. The number of aromatic nitrogens is 4. The van der Waals surface area contributed by atoms with Gasteiger partial charge in [0.15, 0.2) is 5.82 Å². The monoisotopic (exact) mass is 389 g/mol. The molecule has 0 aliphatic heterocycles. The molecule has 146 valence electrons. The number of hydrogen-bond donors (Lipinski definition) is 1. The van der Waals surface area contributed by atoms with Gasteiger partial charge in [0.1, 0.15) is 17.3 Å². The van der Waals surface area contributed by atoms with Crippen LogP contribution in [0.1, 0.15) is 41.4 Å². The first-order chi connectivity index (χ1) is 13.5. The average molecular weight is 389 g/mol. The molecule has 0 amide bonds. The Labute approximate surface area is 159 Å². The van der Waals surface area contributed by atoms with Crippen LogP contribution in [0.3, 0.4) is 0 Å². The molecule has 0 saturated heterocycles. The molecule has 1 aliphatic rings. The van der Waals surface area contributed by atoms with E-state index in [-0.39, 0.29) is 11.8 Å². The summed E-state index contributed by atoms with van der Waals surface area (Å²) in [6, 6.07) is 7.07. The summed E-state index contributed by atoms with van der Waals surface area (Å²) in [6.45, 7) is -3.01. The second-order valence-corrected chi connectivity index (χ2v) is 6.70. The van der Waals surface area contributed by atoms with E-state index in [1.54, 1.807) is 16.9 Å². The van der Waals surface area contributed by atoms with E-state index >= 15 is 0 Å². The maximum Gasteiger partial charge on any atom is 0.387 e. The molecule has 0 radical (unpaired) electrons. The Bertz CT molecular complexity index is 991. The highest BCUT2D eigenvalue weighted by Crippen LogP contribution is 2.27. The highest BCUT2D eigenvalue weighted by atomic mass is 19.3. The predicted molar refractivity (Wildman–Crippen MR) is 94.9 cm³/mol. The first-order valence-corrected chi connectivity index (χ1v) is 8.89. The molecule has 0 fully saturated rings. The van der Waals surface area contributed by atoms with Crippen molar-refractivity contribution in [3.8, 4) is 11.6 Å². The topological polar surface area (TPSA) is 78.8 Å². The number of halogens is 3. The molecule has 1 unspecified atom stereocenters. The summed E-state index contributed by atoms with van der Waals surface area (Å²) in [7, 11) is 0. The fraction of sp³-hybridized carbons (Fsp3) is 0.316. The van der Waals surface area contributed by atoms with Crippen molar-refractivity contribution < 1.29 is 17.9 Å². The van der Waals surface area contributed by atoms with Crippen molar-refractivity contribution in [2.45, 2.75) is 38.3 Å². The molecule has 6 nitrogen and oxygen atoms in total. The minimum atomic E-state index is -3.01. The van der Waals surface area contributed by atoms with Gasteiger partial charge in [0.2, 0.25) is 0 Å². The van der Waals surface area contributed by atoms with Crippen LogP contribution in [-0.2, 0) is 12.8 Å². The molecule has 2 heterocycles. The Morgan fingerprint density at radius 2 is 2.07 bits per heavy atom. The molecule has 0 saturated carbocycles. The summed E-state index contributed by atoms with van der Waals surface area (Å²) >= 11 is 0. The second kappa shape index (κ2) is 7.59. The van der Waals surface area contributed by atoms with Crippen LogP contribution in [0.5, 0.6) is 5.75 Å². The lowest BCUT2D eigenvalue weighted by molar-refractivity contribution is -0.0500. The molecule has 0 bridgehead atoms. The zero-order valence-electron chi connectivity index (χ0n) is 14.9. The zero-order chi connectivity index (χ0) is 19.7. The van der Waals surface area contributed by atoms with Crippen LogP contribution in [0.2, 0.25) is 0 Å². The summed E-state index contributed by atoms with van der Waals surface area (Å²) < 4.78 is 44.5. The Hall–Kier alpha value is -2.94. The van der Waals surface area contributed by atoms with E-state index < -0.39 is 12.4 Å². The van der Waals surface area contributed by atoms with Crippen LogP contribution in [0.15, 0.2) is 36.5 Å². The number of hydrogen-bond acceptors (Lipinski definition) is 5. The van der Waals surface area contributed by atoms with Gasteiger partial charge < -0.3 is 10.5 Å². The van der Waals surface area contributed by atoms with E-state index in [0.717, 1.165) is 42.3 Å². The SMILES string of the molecule is NC1CCCc2c1nnn2-c1cc(Cc2cc(F)cc(OC(F)F)c2)ccn1. The smallest absolute Gasteiger partial charge is 0.387 e. The van der Waals surface area contributed by atoms with E-state index in [9.17, 15) is 13.2 Å². The Kier molecular flexibility index (Phi) is 4.99. The maximum absolute atomic E-state index is 13.7. The summed E-state index contributed by atoms with van der Waals surface area (Å²) in [6.07, 6.45) is 4.60. The lowest BCUT2D eigenvalue weighted by atomic mass is 9.97. The summed E-state index contributed by atoms with van der Waals surface area (Å²) in [5, 5.41) is 8.38.